The number of aromatic nitrogens is 2. The summed E-state index contributed by atoms with van der Waals surface area (Å²) in [6.45, 7) is 1.89. The fourth-order valence-corrected chi connectivity index (χ4v) is 2.40. The van der Waals surface area contributed by atoms with Crippen LogP contribution in [0.4, 0.5) is 11.5 Å². The first kappa shape index (κ1) is 13.3. The lowest BCUT2D eigenvalue weighted by molar-refractivity contribution is 0.00738. The molecule has 2 aromatic rings. The van der Waals surface area contributed by atoms with Crippen molar-refractivity contribution < 1.29 is 4.84 Å². The molecular formula is C16H14N6O. The summed E-state index contributed by atoms with van der Waals surface area (Å²) in [5, 5.41) is 7.60. The summed E-state index contributed by atoms with van der Waals surface area (Å²) in [5.41, 5.74) is 8.95. The molecule has 23 heavy (non-hydrogen) atoms. The van der Waals surface area contributed by atoms with Crippen LogP contribution in [0.1, 0.15) is 5.69 Å². The second kappa shape index (κ2) is 5.13. The monoisotopic (exact) mass is 306 g/mol. The first-order valence-corrected chi connectivity index (χ1v) is 7.09. The normalized spacial score (nSPS) is 15.4. The molecule has 0 saturated heterocycles. The predicted molar refractivity (Wildman–Crippen MR) is 87.7 cm³/mol. The van der Waals surface area contributed by atoms with E-state index in [9.17, 15) is 0 Å². The van der Waals surface area contributed by atoms with Crippen LogP contribution in [0.15, 0.2) is 59.8 Å². The Hall–Kier alpha value is -3.35. The van der Waals surface area contributed by atoms with Crippen molar-refractivity contribution in [1.29, 1.82) is 0 Å². The number of aryl methyl sites for hydroxylation is 1. The Morgan fingerprint density at radius 1 is 1.26 bits per heavy atom. The average Bonchev–Trinajstić information content (AvgIpc) is 2.99. The van der Waals surface area contributed by atoms with Crippen molar-refractivity contribution in [2.75, 3.05) is 10.7 Å². The minimum atomic E-state index is 0.647. The Kier molecular flexibility index (Phi) is 2.97. The Labute approximate surface area is 133 Å². The van der Waals surface area contributed by atoms with E-state index in [0.717, 1.165) is 22.8 Å². The molecular weight excluding hydrogens is 292 g/mol. The molecule has 7 heteroatoms. The van der Waals surface area contributed by atoms with Crippen LogP contribution in [-0.2, 0) is 4.84 Å². The van der Waals surface area contributed by atoms with Gasteiger partial charge < -0.3 is 10.6 Å². The van der Waals surface area contributed by atoms with Gasteiger partial charge in [-0.2, -0.15) is 10.1 Å². The number of allylic oxidation sites excluding steroid dienone is 2. The molecule has 0 radical (unpaired) electrons. The van der Waals surface area contributed by atoms with E-state index in [1.807, 2.05) is 37.3 Å². The topological polar surface area (TPSA) is 79.9 Å². The number of nitrogens with zero attached hydrogens (tertiary/aromatic N) is 5. The van der Waals surface area contributed by atoms with E-state index in [2.05, 4.69) is 10.1 Å². The predicted octanol–water partition coefficient (Wildman–Crippen LogP) is 2.40. The lowest BCUT2D eigenvalue weighted by Gasteiger charge is -2.22. The van der Waals surface area contributed by atoms with E-state index in [-0.39, 0.29) is 0 Å². The molecule has 0 spiro atoms. The highest BCUT2D eigenvalue weighted by atomic mass is 16.7. The van der Waals surface area contributed by atoms with Gasteiger partial charge in [-0.25, -0.2) is 4.98 Å². The van der Waals surface area contributed by atoms with Gasteiger partial charge in [0.2, 0.25) is 0 Å². The van der Waals surface area contributed by atoms with Gasteiger partial charge in [0.25, 0.3) is 0 Å². The third-order valence-electron chi connectivity index (χ3n) is 3.53. The van der Waals surface area contributed by atoms with Gasteiger partial charge in [-0.1, -0.05) is 12.1 Å². The molecule has 2 aliphatic heterocycles. The largest absolute Gasteiger partial charge is 0.399 e. The number of hydrogen-bond donors (Lipinski definition) is 1. The zero-order valence-corrected chi connectivity index (χ0v) is 12.4. The van der Waals surface area contributed by atoms with Gasteiger partial charge in [-0.05, 0) is 31.2 Å². The summed E-state index contributed by atoms with van der Waals surface area (Å²) in [6.07, 6.45) is 8.60. The minimum Gasteiger partial charge on any atom is -0.399 e. The van der Waals surface area contributed by atoms with Crippen LogP contribution in [0.5, 0.6) is 0 Å². The molecule has 1 aromatic heterocycles. The van der Waals surface area contributed by atoms with Crippen molar-refractivity contribution in [3.8, 4) is 11.3 Å². The maximum Gasteiger partial charge on any atom is 0.177 e. The number of rotatable bonds is 2. The van der Waals surface area contributed by atoms with Gasteiger partial charge >= 0.3 is 0 Å². The van der Waals surface area contributed by atoms with Crippen LogP contribution in [0.3, 0.4) is 0 Å². The summed E-state index contributed by atoms with van der Waals surface area (Å²) < 4.78 is 0. The molecule has 7 nitrogen and oxygen atoms in total. The molecule has 1 aromatic carbocycles. The van der Waals surface area contributed by atoms with Crippen LogP contribution >= 0.6 is 0 Å². The first-order valence-electron chi connectivity index (χ1n) is 7.09. The van der Waals surface area contributed by atoms with Crippen molar-refractivity contribution in [2.24, 2.45) is 5.10 Å². The van der Waals surface area contributed by atoms with E-state index in [0.29, 0.717) is 11.5 Å². The SMILES string of the molecule is Cc1ncc(-c2cccc(N)c2)nc1N1N=CN2OC=CC=C21. The number of hydrazone groups is 1. The molecule has 3 heterocycles. The Morgan fingerprint density at radius 3 is 3.04 bits per heavy atom. The molecule has 0 bridgehead atoms. The van der Waals surface area contributed by atoms with Crippen LogP contribution in [0, 0.1) is 6.92 Å². The summed E-state index contributed by atoms with van der Waals surface area (Å²) in [7, 11) is 0. The molecule has 0 fully saturated rings. The van der Waals surface area contributed by atoms with E-state index in [1.165, 1.54) is 0 Å². The molecule has 4 rings (SSSR count). The Bertz CT molecular complexity index is 857. The van der Waals surface area contributed by atoms with Gasteiger partial charge in [-0.15, -0.1) is 5.06 Å². The maximum atomic E-state index is 5.85. The van der Waals surface area contributed by atoms with Gasteiger partial charge in [0.1, 0.15) is 6.26 Å². The third kappa shape index (κ3) is 2.28. The Morgan fingerprint density at radius 2 is 2.17 bits per heavy atom. The van der Waals surface area contributed by atoms with E-state index >= 15 is 0 Å². The molecule has 0 unspecified atom stereocenters. The second-order valence-corrected chi connectivity index (χ2v) is 5.12. The van der Waals surface area contributed by atoms with Crippen molar-refractivity contribution in [3.63, 3.8) is 0 Å². The first-order chi connectivity index (χ1) is 11.2. The van der Waals surface area contributed by atoms with E-state index in [4.69, 9.17) is 15.6 Å². The summed E-state index contributed by atoms with van der Waals surface area (Å²) in [6, 6.07) is 7.55. The summed E-state index contributed by atoms with van der Waals surface area (Å²) in [5.74, 6) is 1.41. The zero-order chi connectivity index (χ0) is 15.8. The molecule has 0 atom stereocenters. The standard InChI is InChI=1S/C16H14N6O/c1-11-16(22-15-6-3-7-23-21(15)10-19-22)20-14(9-18-11)12-4-2-5-13(17)8-12/h2-10H,17H2,1H3. The van der Waals surface area contributed by atoms with Crippen molar-refractivity contribution in [1.82, 2.24) is 15.0 Å². The van der Waals surface area contributed by atoms with Gasteiger partial charge in [-0.3, -0.25) is 4.98 Å². The number of nitrogens with two attached hydrogens (primary N) is 1. The smallest absolute Gasteiger partial charge is 0.177 e. The third-order valence-corrected chi connectivity index (χ3v) is 3.53. The number of benzene rings is 1. The second-order valence-electron chi connectivity index (χ2n) is 5.12. The summed E-state index contributed by atoms with van der Waals surface area (Å²) >= 11 is 0. The molecule has 2 N–H and O–H groups in total. The number of hydroxylamine groups is 2. The molecule has 0 amide bonds. The van der Waals surface area contributed by atoms with Crippen LogP contribution < -0.4 is 10.7 Å². The van der Waals surface area contributed by atoms with E-state index in [1.54, 1.807) is 34.9 Å². The molecule has 114 valence electrons. The number of nitrogen functional groups attached to an aromatic ring is 1. The van der Waals surface area contributed by atoms with Crippen molar-refractivity contribution >= 4 is 17.8 Å². The van der Waals surface area contributed by atoms with Crippen molar-refractivity contribution in [2.45, 2.75) is 6.92 Å². The fraction of sp³-hybridized carbons (Fsp3) is 0.0625. The van der Waals surface area contributed by atoms with Gasteiger partial charge in [0, 0.05) is 11.3 Å². The maximum absolute atomic E-state index is 5.85. The lowest BCUT2D eigenvalue weighted by atomic mass is 10.1. The van der Waals surface area contributed by atoms with Crippen LogP contribution in [0.2, 0.25) is 0 Å². The van der Waals surface area contributed by atoms with Gasteiger partial charge in [0.15, 0.2) is 18.0 Å². The minimum absolute atomic E-state index is 0.647. The molecule has 0 saturated carbocycles. The quantitative estimate of drug-likeness (QED) is 0.858. The van der Waals surface area contributed by atoms with Crippen molar-refractivity contribution in [3.05, 3.63) is 60.4 Å². The number of fused-ring (bicyclic) bond motifs is 1. The summed E-state index contributed by atoms with van der Waals surface area (Å²) in [4.78, 5) is 14.5. The molecule has 0 aliphatic carbocycles. The number of anilines is 2. The Balaban J connectivity index is 1.78. The number of hydrogen-bond acceptors (Lipinski definition) is 7. The average molecular weight is 306 g/mol. The highest BCUT2D eigenvalue weighted by Gasteiger charge is 2.27. The molecule has 2 aliphatic rings. The fourth-order valence-electron chi connectivity index (χ4n) is 2.40. The van der Waals surface area contributed by atoms with Crippen LogP contribution in [-0.4, -0.2) is 21.4 Å². The zero-order valence-electron chi connectivity index (χ0n) is 12.4. The van der Waals surface area contributed by atoms with Crippen LogP contribution in [0.25, 0.3) is 11.3 Å². The van der Waals surface area contributed by atoms with E-state index < -0.39 is 0 Å². The van der Waals surface area contributed by atoms with Gasteiger partial charge in [0.05, 0.1) is 17.6 Å². The highest BCUT2D eigenvalue weighted by Crippen LogP contribution is 2.30. The highest BCUT2D eigenvalue weighted by molar-refractivity contribution is 5.70. The lowest BCUT2D eigenvalue weighted by Crippen LogP contribution is -2.25.